The fraction of sp³-hybridized carbons (Fsp3) is 0. The third-order valence-corrected chi connectivity index (χ3v) is 0. The summed E-state index contributed by atoms with van der Waals surface area (Å²) in [6.07, 6.45) is 0. The first-order valence-electron chi connectivity index (χ1n) is 0.489. The third kappa shape index (κ3) is 88.5. The Balaban J connectivity index is -0.00000000500. The second kappa shape index (κ2) is 170. The zero-order valence-electron chi connectivity index (χ0n) is 4.01. The minimum Gasteiger partial charge on any atom is -1.00 e. The van der Waals surface area contributed by atoms with Crippen LogP contribution < -0.4 is 29.6 Å². The van der Waals surface area contributed by atoms with Crippen LogP contribution in [-0.2, 0) is 4.79 Å². The molecular formula is CH5NaO3. The number of carbonyl (C=O) groups is 1. The van der Waals surface area contributed by atoms with Crippen molar-refractivity contribution in [3.63, 3.8) is 0 Å². The first-order valence-corrected chi connectivity index (χ1v) is 0.489. The van der Waals surface area contributed by atoms with Gasteiger partial charge in [-0.25, -0.2) is 0 Å². The molecule has 0 saturated heterocycles. The Morgan fingerprint density at radius 3 is 1.40 bits per heavy atom. The molecular weight excluding hydrogens is 83.0 g/mol. The maximum Gasteiger partial charge on any atom is 1.00 e. The number of hydrogen-bond donors (Lipinski definition) is 2. The van der Waals surface area contributed by atoms with E-state index in [4.69, 9.17) is 15.3 Å². The van der Waals surface area contributed by atoms with Crippen molar-refractivity contribution in [3.8, 4) is 0 Å². The smallest absolute Gasteiger partial charge is 1.00 e. The Morgan fingerprint density at radius 1 is 1.40 bits per heavy atom. The molecule has 0 heterocycles. The SMILES string of the molecule is C=O.OO.[H-].[Na+]. The molecule has 0 atom stereocenters. The molecule has 0 aromatic carbocycles. The second-order valence-corrected chi connectivity index (χ2v) is 0. The van der Waals surface area contributed by atoms with Crippen molar-refractivity contribution in [2.24, 2.45) is 0 Å². The van der Waals surface area contributed by atoms with Crippen LogP contribution >= 0.6 is 0 Å². The van der Waals surface area contributed by atoms with Gasteiger partial charge in [-0.1, -0.05) is 0 Å². The van der Waals surface area contributed by atoms with Crippen molar-refractivity contribution in [2.45, 2.75) is 0 Å². The summed E-state index contributed by atoms with van der Waals surface area (Å²) in [5.41, 5.74) is 0. The standard InChI is InChI=1S/CH2O.Na.H2O2.H/c1-2;;1-2;/h1H2;;1-2H;/q;+1;;-1. The summed E-state index contributed by atoms with van der Waals surface area (Å²) >= 11 is 0. The molecule has 0 amide bonds. The van der Waals surface area contributed by atoms with Crippen molar-refractivity contribution >= 4 is 6.79 Å². The van der Waals surface area contributed by atoms with E-state index in [9.17, 15) is 0 Å². The molecule has 0 rings (SSSR count). The van der Waals surface area contributed by atoms with Gasteiger partial charge in [0.15, 0.2) is 0 Å². The molecule has 5 heavy (non-hydrogen) atoms. The van der Waals surface area contributed by atoms with Gasteiger partial charge in [-0.05, 0) is 0 Å². The molecule has 0 fully saturated rings. The van der Waals surface area contributed by atoms with Crippen molar-refractivity contribution in [3.05, 3.63) is 0 Å². The summed E-state index contributed by atoms with van der Waals surface area (Å²) in [7, 11) is 0. The normalized spacial score (nSPS) is 2.00. The zero-order chi connectivity index (χ0) is 4.00. The molecule has 0 aromatic heterocycles. The molecule has 0 radical (unpaired) electrons. The van der Waals surface area contributed by atoms with Gasteiger partial charge in [-0.15, -0.1) is 0 Å². The summed E-state index contributed by atoms with van der Waals surface area (Å²) in [6, 6.07) is 0. The average molecular weight is 88.0 g/mol. The monoisotopic (exact) mass is 88.0 g/mol. The molecule has 0 aliphatic carbocycles. The predicted octanol–water partition coefficient (Wildman–Crippen LogP) is -3.05. The van der Waals surface area contributed by atoms with Crippen LogP contribution in [0.4, 0.5) is 0 Å². The fourth-order valence-electron chi connectivity index (χ4n) is 0. The topological polar surface area (TPSA) is 57.5 Å². The van der Waals surface area contributed by atoms with E-state index in [2.05, 4.69) is 0 Å². The van der Waals surface area contributed by atoms with Gasteiger partial charge < -0.3 is 6.22 Å². The van der Waals surface area contributed by atoms with Crippen LogP contribution in [0.25, 0.3) is 0 Å². The van der Waals surface area contributed by atoms with Crippen molar-refractivity contribution in [2.75, 3.05) is 0 Å². The molecule has 28 valence electrons. The largest absolute Gasteiger partial charge is 1.00 e. The van der Waals surface area contributed by atoms with Crippen molar-refractivity contribution in [1.82, 2.24) is 0 Å². The summed E-state index contributed by atoms with van der Waals surface area (Å²) in [5.74, 6) is 0. The molecule has 0 spiro atoms. The van der Waals surface area contributed by atoms with Crippen molar-refractivity contribution < 1.29 is 46.3 Å². The Hall–Kier alpha value is 0.590. The Kier molecular flexibility index (Phi) is 597. The van der Waals surface area contributed by atoms with Gasteiger partial charge in [-0.2, -0.15) is 0 Å². The molecule has 0 bridgehead atoms. The summed E-state index contributed by atoms with van der Waals surface area (Å²) < 4.78 is 0. The van der Waals surface area contributed by atoms with Crippen LogP contribution in [0.15, 0.2) is 0 Å². The summed E-state index contributed by atoms with van der Waals surface area (Å²) in [6.45, 7) is 2.00. The van der Waals surface area contributed by atoms with Gasteiger partial charge in [0.1, 0.15) is 6.79 Å². The van der Waals surface area contributed by atoms with E-state index in [-0.39, 0.29) is 31.0 Å². The molecule has 0 aliphatic rings. The number of carbonyl (C=O) groups excluding carboxylic acids is 1. The molecule has 0 aliphatic heterocycles. The molecule has 0 aromatic rings. The van der Waals surface area contributed by atoms with Gasteiger partial charge in [0.25, 0.3) is 0 Å². The van der Waals surface area contributed by atoms with Gasteiger partial charge >= 0.3 is 29.6 Å². The first kappa shape index (κ1) is 17.6. The zero-order valence-corrected chi connectivity index (χ0v) is 5.01. The van der Waals surface area contributed by atoms with Crippen LogP contribution in [0.5, 0.6) is 0 Å². The quantitative estimate of drug-likeness (QED) is 0.188. The van der Waals surface area contributed by atoms with E-state index in [1.807, 2.05) is 6.79 Å². The maximum atomic E-state index is 8.00. The third-order valence-electron chi connectivity index (χ3n) is 0. The van der Waals surface area contributed by atoms with Gasteiger partial charge in [0.05, 0.1) is 0 Å². The second-order valence-electron chi connectivity index (χ2n) is 0. The van der Waals surface area contributed by atoms with Crippen LogP contribution in [0.1, 0.15) is 1.43 Å². The van der Waals surface area contributed by atoms with Gasteiger partial charge in [-0.3, -0.25) is 10.5 Å². The van der Waals surface area contributed by atoms with Crippen LogP contribution in [0, 0.1) is 0 Å². The van der Waals surface area contributed by atoms with Crippen LogP contribution in [-0.4, -0.2) is 17.3 Å². The molecule has 4 heteroatoms. The van der Waals surface area contributed by atoms with Gasteiger partial charge in [0.2, 0.25) is 0 Å². The van der Waals surface area contributed by atoms with E-state index in [1.165, 1.54) is 0 Å². The average Bonchev–Trinajstić information content (AvgIpc) is 1.50. The fourth-order valence-corrected chi connectivity index (χ4v) is 0. The molecule has 0 saturated carbocycles. The van der Waals surface area contributed by atoms with E-state index in [0.29, 0.717) is 0 Å². The van der Waals surface area contributed by atoms with E-state index < -0.39 is 0 Å². The van der Waals surface area contributed by atoms with Gasteiger partial charge in [0, 0.05) is 0 Å². The van der Waals surface area contributed by atoms with Crippen molar-refractivity contribution in [1.29, 1.82) is 0 Å². The number of rotatable bonds is 0. The maximum absolute atomic E-state index is 8.00. The Labute approximate surface area is 53.3 Å². The predicted molar refractivity (Wildman–Crippen MR) is 13.5 cm³/mol. The van der Waals surface area contributed by atoms with E-state index in [0.717, 1.165) is 0 Å². The Bertz CT molecular complexity index is 10.8. The van der Waals surface area contributed by atoms with Crippen LogP contribution in [0.3, 0.4) is 0 Å². The minimum atomic E-state index is 0. The van der Waals surface area contributed by atoms with Crippen LogP contribution in [0.2, 0.25) is 0 Å². The molecule has 3 nitrogen and oxygen atoms in total. The first-order chi connectivity index (χ1) is 2.00. The van der Waals surface area contributed by atoms with E-state index >= 15 is 0 Å². The summed E-state index contributed by atoms with van der Waals surface area (Å²) in [5, 5.41) is 12.0. The number of hydrogen-bond acceptors (Lipinski definition) is 3. The van der Waals surface area contributed by atoms with E-state index in [1.54, 1.807) is 0 Å². The summed E-state index contributed by atoms with van der Waals surface area (Å²) in [4.78, 5) is 8.00. The molecule has 0 unspecified atom stereocenters. The molecule has 2 N–H and O–H groups in total. The Morgan fingerprint density at radius 2 is 1.40 bits per heavy atom. The minimum absolute atomic E-state index is 0.